The lowest BCUT2D eigenvalue weighted by molar-refractivity contribution is -0.111. The molecule has 192 valence electrons. The van der Waals surface area contributed by atoms with Gasteiger partial charge in [0.2, 0.25) is 17.7 Å². The van der Waals surface area contributed by atoms with Gasteiger partial charge < -0.3 is 25.7 Å². The molecule has 0 aliphatic rings. The van der Waals surface area contributed by atoms with Crippen molar-refractivity contribution in [2.45, 2.75) is 6.54 Å². The first-order chi connectivity index (χ1) is 19.1. The van der Waals surface area contributed by atoms with Crippen LogP contribution in [0.4, 0.5) is 23.0 Å². The molecule has 0 atom stereocenters. The van der Waals surface area contributed by atoms with Gasteiger partial charge >= 0.3 is 0 Å². The Balaban J connectivity index is 1.16. The summed E-state index contributed by atoms with van der Waals surface area (Å²) in [6, 6.07) is 21.3. The van der Waals surface area contributed by atoms with Gasteiger partial charge in [0.15, 0.2) is 0 Å². The number of thiophene rings is 1. The largest absolute Gasteiger partial charge is 0.436 e. The average Bonchev–Trinajstić information content (AvgIpc) is 3.62. The standard InChI is InChI=1S/C29H23N7O2S/c1-2-25(37)33-20-8-6-18(7-9-20)16-31-21-4-3-5-22(15-21)34-29-35-24-11-13-39-26(24)28(36-29)38-23-14-19-10-12-30-27(19)32-17-23/h2-15,17,31H,1,16H2,(H,30,32)(H,33,37)(H,34,35,36). The van der Waals surface area contributed by atoms with Crippen LogP contribution in [0.2, 0.25) is 0 Å². The van der Waals surface area contributed by atoms with E-state index in [2.05, 4.69) is 42.5 Å². The van der Waals surface area contributed by atoms with E-state index in [-0.39, 0.29) is 5.91 Å². The van der Waals surface area contributed by atoms with Gasteiger partial charge in [0.1, 0.15) is 16.1 Å². The Bertz CT molecular complexity index is 1790. The minimum Gasteiger partial charge on any atom is -0.436 e. The van der Waals surface area contributed by atoms with Crippen molar-refractivity contribution in [1.29, 1.82) is 0 Å². The third-order valence-electron chi connectivity index (χ3n) is 5.88. The number of amides is 1. The summed E-state index contributed by atoms with van der Waals surface area (Å²) in [5.41, 5.74) is 5.16. The predicted octanol–water partition coefficient (Wildman–Crippen LogP) is 6.84. The molecule has 0 bridgehead atoms. The molecule has 0 aliphatic carbocycles. The molecule has 6 aromatic rings. The van der Waals surface area contributed by atoms with Gasteiger partial charge in [0, 0.05) is 35.2 Å². The maximum absolute atomic E-state index is 11.5. The molecule has 0 fully saturated rings. The second kappa shape index (κ2) is 10.6. The number of hydrogen-bond acceptors (Lipinski definition) is 8. The maximum atomic E-state index is 11.5. The first-order valence-corrected chi connectivity index (χ1v) is 13.0. The van der Waals surface area contributed by atoms with Crippen LogP contribution < -0.4 is 20.7 Å². The second-order valence-corrected chi connectivity index (χ2v) is 9.54. The van der Waals surface area contributed by atoms with Gasteiger partial charge in [0.05, 0.1) is 11.7 Å². The number of carbonyl (C=O) groups excluding carboxylic acids is 1. The summed E-state index contributed by atoms with van der Waals surface area (Å²) < 4.78 is 7.02. The van der Waals surface area contributed by atoms with Crippen molar-refractivity contribution in [2.75, 3.05) is 16.0 Å². The first kappa shape index (κ1) is 24.1. The van der Waals surface area contributed by atoms with Gasteiger partial charge in [-0.05, 0) is 65.6 Å². The van der Waals surface area contributed by atoms with E-state index < -0.39 is 0 Å². The van der Waals surface area contributed by atoms with Crippen molar-refractivity contribution in [3.8, 4) is 11.6 Å². The van der Waals surface area contributed by atoms with Gasteiger partial charge in [0.25, 0.3) is 0 Å². The summed E-state index contributed by atoms with van der Waals surface area (Å²) in [6.45, 7) is 4.09. The van der Waals surface area contributed by atoms with Gasteiger partial charge in [-0.1, -0.05) is 24.8 Å². The third-order valence-corrected chi connectivity index (χ3v) is 6.78. The normalized spacial score (nSPS) is 10.9. The molecule has 10 heteroatoms. The molecule has 9 nitrogen and oxygen atoms in total. The molecule has 0 aliphatic heterocycles. The van der Waals surface area contributed by atoms with Crippen molar-refractivity contribution in [3.05, 3.63) is 103 Å². The number of nitrogens with zero attached hydrogens (tertiary/aromatic N) is 3. The molecule has 4 N–H and O–H groups in total. The summed E-state index contributed by atoms with van der Waals surface area (Å²) in [7, 11) is 0. The number of benzene rings is 2. The number of anilines is 4. The summed E-state index contributed by atoms with van der Waals surface area (Å²) in [4.78, 5) is 28.3. The third kappa shape index (κ3) is 5.55. The molecule has 0 saturated carbocycles. The van der Waals surface area contributed by atoms with Crippen LogP contribution in [-0.2, 0) is 11.3 Å². The molecule has 2 aromatic carbocycles. The Morgan fingerprint density at radius 1 is 1.03 bits per heavy atom. The summed E-state index contributed by atoms with van der Waals surface area (Å²) >= 11 is 1.53. The molecule has 0 saturated heterocycles. The SMILES string of the molecule is C=CC(=O)Nc1ccc(CNc2cccc(Nc3nc(Oc4cnc5[nH]ccc5c4)c4sccc4n3)c2)cc1. The molecule has 1 amide bonds. The molecule has 0 radical (unpaired) electrons. The highest BCUT2D eigenvalue weighted by atomic mass is 32.1. The Kier molecular flexibility index (Phi) is 6.59. The lowest BCUT2D eigenvalue weighted by atomic mass is 10.2. The van der Waals surface area contributed by atoms with E-state index in [1.807, 2.05) is 78.3 Å². The van der Waals surface area contributed by atoms with Crippen LogP contribution in [0, 0.1) is 0 Å². The number of ether oxygens (including phenoxy) is 1. The number of rotatable bonds is 9. The number of hydrogen-bond donors (Lipinski definition) is 4. The molecular formula is C29H23N7O2S. The van der Waals surface area contributed by atoms with E-state index in [1.165, 1.54) is 17.4 Å². The first-order valence-electron chi connectivity index (χ1n) is 12.1. The Morgan fingerprint density at radius 3 is 2.77 bits per heavy atom. The van der Waals surface area contributed by atoms with Crippen molar-refractivity contribution in [2.24, 2.45) is 0 Å². The molecule has 4 aromatic heterocycles. The number of aromatic amines is 1. The van der Waals surface area contributed by atoms with Crippen molar-refractivity contribution in [1.82, 2.24) is 19.9 Å². The van der Waals surface area contributed by atoms with E-state index in [4.69, 9.17) is 4.74 Å². The van der Waals surface area contributed by atoms with Gasteiger partial charge in [-0.3, -0.25) is 4.79 Å². The Labute approximate surface area is 227 Å². The van der Waals surface area contributed by atoms with E-state index in [9.17, 15) is 4.79 Å². The highest BCUT2D eigenvalue weighted by Crippen LogP contribution is 2.33. The number of H-pyrrole nitrogens is 1. The molecule has 0 spiro atoms. The molecule has 4 heterocycles. The fraction of sp³-hybridized carbons (Fsp3) is 0.0345. The quantitative estimate of drug-likeness (QED) is 0.150. The smallest absolute Gasteiger partial charge is 0.247 e. The van der Waals surface area contributed by atoms with Crippen LogP contribution in [0.3, 0.4) is 0 Å². The van der Waals surface area contributed by atoms with Crippen LogP contribution in [-0.4, -0.2) is 25.8 Å². The van der Waals surface area contributed by atoms with Crippen molar-refractivity contribution in [3.63, 3.8) is 0 Å². The molecular weight excluding hydrogens is 510 g/mol. The van der Waals surface area contributed by atoms with Crippen LogP contribution in [0.5, 0.6) is 11.6 Å². The number of nitrogens with one attached hydrogen (secondary N) is 4. The molecule has 6 rings (SSSR count). The summed E-state index contributed by atoms with van der Waals surface area (Å²) in [5, 5.41) is 12.4. The van der Waals surface area contributed by atoms with Crippen LogP contribution in [0.1, 0.15) is 5.56 Å². The van der Waals surface area contributed by atoms with Crippen LogP contribution >= 0.6 is 11.3 Å². The van der Waals surface area contributed by atoms with Crippen molar-refractivity contribution >= 4 is 61.5 Å². The van der Waals surface area contributed by atoms with Crippen LogP contribution in [0.25, 0.3) is 21.3 Å². The average molecular weight is 534 g/mol. The Hall–Kier alpha value is -5.22. The highest BCUT2D eigenvalue weighted by molar-refractivity contribution is 7.17. The van der Waals surface area contributed by atoms with E-state index in [1.54, 1.807) is 6.20 Å². The highest BCUT2D eigenvalue weighted by Gasteiger charge is 2.13. The fourth-order valence-electron chi connectivity index (χ4n) is 3.99. The monoisotopic (exact) mass is 533 g/mol. The zero-order chi connectivity index (χ0) is 26.6. The number of pyridine rings is 1. The number of fused-ring (bicyclic) bond motifs is 2. The van der Waals surface area contributed by atoms with E-state index in [0.29, 0.717) is 24.1 Å². The minimum atomic E-state index is -0.235. The predicted molar refractivity (Wildman–Crippen MR) is 156 cm³/mol. The van der Waals surface area contributed by atoms with Crippen LogP contribution in [0.15, 0.2) is 97.2 Å². The second-order valence-electron chi connectivity index (χ2n) is 8.63. The lowest BCUT2D eigenvalue weighted by Crippen LogP contribution is -2.07. The summed E-state index contributed by atoms with van der Waals surface area (Å²) in [6.07, 6.45) is 4.76. The zero-order valence-electron chi connectivity index (χ0n) is 20.6. The fourth-order valence-corrected chi connectivity index (χ4v) is 4.74. The minimum absolute atomic E-state index is 0.235. The maximum Gasteiger partial charge on any atom is 0.247 e. The number of aromatic nitrogens is 4. The van der Waals surface area contributed by atoms with Gasteiger partial charge in [-0.15, -0.1) is 11.3 Å². The van der Waals surface area contributed by atoms with Crippen molar-refractivity contribution < 1.29 is 9.53 Å². The zero-order valence-corrected chi connectivity index (χ0v) is 21.5. The topological polar surface area (TPSA) is 117 Å². The summed E-state index contributed by atoms with van der Waals surface area (Å²) in [5.74, 6) is 1.27. The van der Waals surface area contributed by atoms with Gasteiger partial charge in [-0.2, -0.15) is 4.98 Å². The Morgan fingerprint density at radius 2 is 1.90 bits per heavy atom. The van der Waals surface area contributed by atoms with E-state index in [0.717, 1.165) is 43.9 Å². The van der Waals surface area contributed by atoms with E-state index >= 15 is 0 Å². The molecule has 39 heavy (non-hydrogen) atoms. The van der Waals surface area contributed by atoms with Gasteiger partial charge in [-0.25, -0.2) is 9.97 Å². The lowest BCUT2D eigenvalue weighted by Gasteiger charge is -2.11. The molecule has 0 unspecified atom stereocenters. The number of carbonyl (C=O) groups is 1.